The van der Waals surface area contributed by atoms with Crippen LogP contribution in [0.15, 0.2) is 48.5 Å². The zero-order chi connectivity index (χ0) is 16.1. The van der Waals surface area contributed by atoms with Crippen molar-refractivity contribution >= 4 is 11.6 Å². The molecule has 0 aromatic heterocycles. The fourth-order valence-electron chi connectivity index (χ4n) is 2.20. The highest BCUT2D eigenvalue weighted by molar-refractivity contribution is 5.94. The maximum Gasteiger partial charge on any atom is 0.241 e. The topological polar surface area (TPSA) is 32.3 Å². The molecular weight excluding hydrogens is 279 g/mol. The first-order valence-corrected chi connectivity index (χ1v) is 7.28. The van der Waals surface area contributed by atoms with Crippen molar-refractivity contribution in [3.8, 4) is 0 Å². The number of anilines is 1. The standard InChI is InChI=1S/C18H21FN2O/c1-13-7-6-9-16(11-13)20-18(22)14(2)21(3)12-15-8-4-5-10-17(15)19/h4-11,14H,12H2,1-3H3,(H,20,22). The predicted molar refractivity (Wildman–Crippen MR) is 87.1 cm³/mol. The molecule has 0 aliphatic rings. The highest BCUT2D eigenvalue weighted by Gasteiger charge is 2.19. The van der Waals surface area contributed by atoms with Gasteiger partial charge in [-0.25, -0.2) is 4.39 Å². The van der Waals surface area contributed by atoms with Crippen LogP contribution >= 0.6 is 0 Å². The summed E-state index contributed by atoms with van der Waals surface area (Å²) in [6, 6.07) is 13.9. The maximum absolute atomic E-state index is 13.7. The monoisotopic (exact) mass is 300 g/mol. The Morgan fingerprint density at radius 2 is 1.95 bits per heavy atom. The van der Waals surface area contributed by atoms with E-state index in [1.54, 1.807) is 18.2 Å². The van der Waals surface area contributed by atoms with E-state index in [0.29, 0.717) is 12.1 Å². The Morgan fingerprint density at radius 1 is 1.23 bits per heavy atom. The molecule has 0 radical (unpaired) electrons. The molecule has 0 bridgehead atoms. The molecule has 116 valence electrons. The second-order valence-corrected chi connectivity index (χ2v) is 5.54. The summed E-state index contributed by atoms with van der Waals surface area (Å²) in [5.74, 6) is -0.356. The largest absolute Gasteiger partial charge is 0.325 e. The average Bonchev–Trinajstić information content (AvgIpc) is 2.48. The van der Waals surface area contributed by atoms with Crippen LogP contribution in [-0.4, -0.2) is 23.9 Å². The number of aryl methyl sites for hydroxylation is 1. The number of carbonyl (C=O) groups excluding carboxylic acids is 1. The molecule has 1 N–H and O–H groups in total. The van der Waals surface area contributed by atoms with E-state index in [1.165, 1.54) is 6.07 Å². The van der Waals surface area contributed by atoms with Crippen LogP contribution in [0.25, 0.3) is 0 Å². The summed E-state index contributed by atoms with van der Waals surface area (Å²) in [5, 5.41) is 2.89. The molecule has 0 saturated heterocycles. The summed E-state index contributed by atoms with van der Waals surface area (Å²) in [4.78, 5) is 14.1. The zero-order valence-corrected chi connectivity index (χ0v) is 13.1. The summed E-state index contributed by atoms with van der Waals surface area (Å²) < 4.78 is 13.7. The van der Waals surface area contributed by atoms with Crippen molar-refractivity contribution in [1.82, 2.24) is 4.90 Å². The van der Waals surface area contributed by atoms with Crippen molar-refractivity contribution in [3.05, 3.63) is 65.5 Å². The smallest absolute Gasteiger partial charge is 0.241 e. The number of nitrogens with one attached hydrogen (secondary N) is 1. The Hall–Kier alpha value is -2.20. The van der Waals surface area contributed by atoms with E-state index >= 15 is 0 Å². The summed E-state index contributed by atoms with van der Waals surface area (Å²) in [6.07, 6.45) is 0. The molecule has 0 heterocycles. The Bertz CT molecular complexity index is 657. The summed E-state index contributed by atoms with van der Waals surface area (Å²) >= 11 is 0. The first-order chi connectivity index (χ1) is 10.5. The second kappa shape index (κ2) is 7.18. The third-order valence-corrected chi connectivity index (χ3v) is 3.70. The highest BCUT2D eigenvalue weighted by Crippen LogP contribution is 2.13. The summed E-state index contributed by atoms with van der Waals surface area (Å²) in [6.45, 7) is 4.17. The van der Waals surface area contributed by atoms with E-state index in [9.17, 15) is 9.18 Å². The number of amides is 1. The molecule has 22 heavy (non-hydrogen) atoms. The molecule has 0 aliphatic carbocycles. The van der Waals surface area contributed by atoms with Crippen molar-refractivity contribution < 1.29 is 9.18 Å². The van der Waals surface area contributed by atoms with E-state index in [4.69, 9.17) is 0 Å². The molecule has 2 aromatic rings. The van der Waals surface area contributed by atoms with Crippen LogP contribution in [0, 0.1) is 12.7 Å². The van der Waals surface area contributed by atoms with E-state index in [1.807, 2.05) is 50.1 Å². The van der Waals surface area contributed by atoms with Gasteiger partial charge in [-0.05, 0) is 44.7 Å². The lowest BCUT2D eigenvalue weighted by atomic mass is 10.1. The van der Waals surface area contributed by atoms with E-state index < -0.39 is 0 Å². The Morgan fingerprint density at radius 3 is 2.64 bits per heavy atom. The molecule has 0 aliphatic heterocycles. The molecule has 1 amide bonds. The number of hydrogen-bond donors (Lipinski definition) is 1. The van der Waals surface area contributed by atoms with Gasteiger partial charge in [-0.2, -0.15) is 0 Å². The van der Waals surface area contributed by atoms with Gasteiger partial charge in [0.2, 0.25) is 5.91 Å². The molecule has 1 unspecified atom stereocenters. The molecule has 3 nitrogen and oxygen atoms in total. The van der Waals surface area contributed by atoms with E-state index in [0.717, 1.165) is 11.3 Å². The minimum atomic E-state index is -0.361. The maximum atomic E-state index is 13.7. The number of hydrogen-bond acceptors (Lipinski definition) is 2. The van der Waals surface area contributed by atoms with Gasteiger partial charge in [-0.15, -0.1) is 0 Å². The number of carbonyl (C=O) groups is 1. The normalized spacial score (nSPS) is 12.2. The number of nitrogens with zero attached hydrogens (tertiary/aromatic N) is 1. The van der Waals surface area contributed by atoms with Gasteiger partial charge in [0.25, 0.3) is 0 Å². The van der Waals surface area contributed by atoms with Gasteiger partial charge in [0.05, 0.1) is 6.04 Å². The second-order valence-electron chi connectivity index (χ2n) is 5.54. The van der Waals surface area contributed by atoms with E-state index in [2.05, 4.69) is 5.32 Å². The van der Waals surface area contributed by atoms with Crippen LogP contribution in [-0.2, 0) is 11.3 Å². The molecular formula is C18H21FN2O. The Balaban J connectivity index is 1.99. The molecule has 2 rings (SSSR count). The van der Waals surface area contributed by atoms with Crippen molar-refractivity contribution in [1.29, 1.82) is 0 Å². The molecule has 4 heteroatoms. The Kier molecular flexibility index (Phi) is 5.28. The van der Waals surface area contributed by atoms with Crippen molar-refractivity contribution in [2.24, 2.45) is 0 Å². The van der Waals surface area contributed by atoms with Crippen LogP contribution in [0.4, 0.5) is 10.1 Å². The van der Waals surface area contributed by atoms with E-state index in [-0.39, 0.29) is 17.8 Å². The minimum absolute atomic E-state index is 0.107. The fraction of sp³-hybridized carbons (Fsp3) is 0.278. The first-order valence-electron chi connectivity index (χ1n) is 7.28. The van der Waals surface area contributed by atoms with Gasteiger partial charge in [0.15, 0.2) is 0 Å². The van der Waals surface area contributed by atoms with Crippen molar-refractivity contribution in [2.75, 3.05) is 12.4 Å². The van der Waals surface area contributed by atoms with Gasteiger partial charge < -0.3 is 5.32 Å². The van der Waals surface area contributed by atoms with Crippen LogP contribution in [0.3, 0.4) is 0 Å². The minimum Gasteiger partial charge on any atom is -0.325 e. The van der Waals surface area contributed by atoms with Crippen molar-refractivity contribution in [3.63, 3.8) is 0 Å². The highest BCUT2D eigenvalue weighted by atomic mass is 19.1. The fourth-order valence-corrected chi connectivity index (χ4v) is 2.20. The van der Waals surface area contributed by atoms with Gasteiger partial charge in [-0.1, -0.05) is 30.3 Å². The quantitative estimate of drug-likeness (QED) is 0.915. The molecule has 0 spiro atoms. The van der Waals surface area contributed by atoms with Crippen LogP contribution in [0.1, 0.15) is 18.1 Å². The van der Waals surface area contributed by atoms with Gasteiger partial charge >= 0.3 is 0 Å². The lowest BCUT2D eigenvalue weighted by Gasteiger charge is -2.24. The number of benzene rings is 2. The first kappa shape index (κ1) is 16.2. The average molecular weight is 300 g/mol. The third kappa shape index (κ3) is 4.15. The number of halogens is 1. The molecule has 1 atom stereocenters. The van der Waals surface area contributed by atoms with Gasteiger partial charge in [-0.3, -0.25) is 9.69 Å². The van der Waals surface area contributed by atoms with Crippen molar-refractivity contribution in [2.45, 2.75) is 26.4 Å². The van der Waals surface area contributed by atoms with Crippen LogP contribution in [0.5, 0.6) is 0 Å². The number of likely N-dealkylation sites (N-methyl/N-ethyl adjacent to an activating group) is 1. The third-order valence-electron chi connectivity index (χ3n) is 3.70. The summed E-state index contributed by atoms with van der Waals surface area (Å²) in [7, 11) is 1.81. The van der Waals surface area contributed by atoms with Gasteiger partial charge in [0.1, 0.15) is 5.82 Å². The molecule has 2 aromatic carbocycles. The molecule has 0 fully saturated rings. The predicted octanol–water partition coefficient (Wildman–Crippen LogP) is 3.59. The van der Waals surface area contributed by atoms with Crippen LogP contribution in [0.2, 0.25) is 0 Å². The van der Waals surface area contributed by atoms with Gasteiger partial charge in [0, 0.05) is 17.8 Å². The number of rotatable bonds is 5. The molecule has 0 saturated carbocycles. The summed E-state index contributed by atoms with van der Waals surface area (Å²) in [5.41, 5.74) is 2.45. The Labute approximate surface area is 130 Å². The lowest BCUT2D eigenvalue weighted by molar-refractivity contribution is -0.120. The van der Waals surface area contributed by atoms with Crippen LogP contribution < -0.4 is 5.32 Å². The SMILES string of the molecule is Cc1cccc(NC(=O)C(C)N(C)Cc2ccccc2F)c1. The lowest BCUT2D eigenvalue weighted by Crippen LogP contribution is -2.39. The zero-order valence-electron chi connectivity index (χ0n) is 13.1.